The standard InChI is InChI=1S/C17H18BrFN2/c18-16-7-6-14(19)10-15(16)17(21-20)9-11-4-5-12-2-1-3-13(12)8-11/h4-8,10,17,21H,1-3,9,20H2. The van der Waals surface area contributed by atoms with Gasteiger partial charge in [0, 0.05) is 4.47 Å². The smallest absolute Gasteiger partial charge is 0.123 e. The fourth-order valence-electron chi connectivity index (χ4n) is 3.03. The molecule has 2 aromatic carbocycles. The van der Waals surface area contributed by atoms with Gasteiger partial charge in [0.15, 0.2) is 0 Å². The molecule has 1 atom stereocenters. The van der Waals surface area contributed by atoms with E-state index in [0.717, 1.165) is 22.9 Å². The van der Waals surface area contributed by atoms with E-state index in [-0.39, 0.29) is 11.9 Å². The number of benzene rings is 2. The topological polar surface area (TPSA) is 38.0 Å². The molecule has 2 aromatic rings. The van der Waals surface area contributed by atoms with Gasteiger partial charge in [-0.2, -0.15) is 0 Å². The summed E-state index contributed by atoms with van der Waals surface area (Å²) in [6.45, 7) is 0. The number of rotatable bonds is 4. The van der Waals surface area contributed by atoms with E-state index >= 15 is 0 Å². The van der Waals surface area contributed by atoms with E-state index in [0.29, 0.717) is 0 Å². The maximum Gasteiger partial charge on any atom is 0.123 e. The third kappa shape index (κ3) is 3.18. The highest BCUT2D eigenvalue weighted by Gasteiger charge is 2.17. The van der Waals surface area contributed by atoms with E-state index in [2.05, 4.69) is 39.6 Å². The van der Waals surface area contributed by atoms with Gasteiger partial charge in [0.1, 0.15) is 5.82 Å². The molecule has 0 aromatic heterocycles. The van der Waals surface area contributed by atoms with E-state index in [9.17, 15) is 4.39 Å². The van der Waals surface area contributed by atoms with Crippen LogP contribution in [-0.4, -0.2) is 0 Å². The summed E-state index contributed by atoms with van der Waals surface area (Å²) in [7, 11) is 0. The highest BCUT2D eigenvalue weighted by molar-refractivity contribution is 9.10. The second kappa shape index (κ2) is 6.26. The molecule has 0 saturated carbocycles. The van der Waals surface area contributed by atoms with E-state index in [1.54, 1.807) is 6.07 Å². The molecule has 0 heterocycles. The summed E-state index contributed by atoms with van der Waals surface area (Å²) in [5.41, 5.74) is 7.79. The predicted molar refractivity (Wildman–Crippen MR) is 86.3 cm³/mol. The molecule has 4 heteroatoms. The van der Waals surface area contributed by atoms with Crippen LogP contribution in [0.2, 0.25) is 0 Å². The van der Waals surface area contributed by atoms with E-state index in [4.69, 9.17) is 5.84 Å². The van der Waals surface area contributed by atoms with E-state index in [1.807, 2.05) is 0 Å². The zero-order chi connectivity index (χ0) is 14.8. The molecule has 0 amide bonds. The minimum Gasteiger partial charge on any atom is -0.271 e. The number of hydrazine groups is 1. The van der Waals surface area contributed by atoms with Crippen molar-refractivity contribution in [1.82, 2.24) is 5.43 Å². The third-order valence-electron chi connectivity index (χ3n) is 4.14. The summed E-state index contributed by atoms with van der Waals surface area (Å²) in [5, 5.41) is 0. The van der Waals surface area contributed by atoms with Gasteiger partial charge in [-0.15, -0.1) is 0 Å². The zero-order valence-corrected chi connectivity index (χ0v) is 13.3. The largest absolute Gasteiger partial charge is 0.271 e. The lowest BCUT2D eigenvalue weighted by atomic mass is 9.97. The van der Waals surface area contributed by atoms with Crippen LogP contribution >= 0.6 is 15.9 Å². The number of nitrogens with one attached hydrogen (secondary N) is 1. The quantitative estimate of drug-likeness (QED) is 0.651. The average Bonchev–Trinajstić information content (AvgIpc) is 2.95. The highest BCUT2D eigenvalue weighted by Crippen LogP contribution is 2.28. The van der Waals surface area contributed by atoms with Gasteiger partial charge in [-0.05, 0) is 66.1 Å². The summed E-state index contributed by atoms with van der Waals surface area (Å²) in [5.74, 6) is 5.44. The van der Waals surface area contributed by atoms with Gasteiger partial charge >= 0.3 is 0 Å². The van der Waals surface area contributed by atoms with Gasteiger partial charge in [-0.25, -0.2) is 4.39 Å². The summed E-state index contributed by atoms with van der Waals surface area (Å²) in [6.07, 6.45) is 4.33. The molecule has 3 rings (SSSR count). The summed E-state index contributed by atoms with van der Waals surface area (Å²) >= 11 is 3.47. The Balaban J connectivity index is 1.86. The van der Waals surface area contributed by atoms with Gasteiger partial charge in [0.05, 0.1) is 6.04 Å². The Hall–Kier alpha value is -1.23. The Bertz CT molecular complexity index is 657. The van der Waals surface area contributed by atoms with Crippen molar-refractivity contribution in [2.45, 2.75) is 31.7 Å². The van der Waals surface area contributed by atoms with Crippen molar-refractivity contribution in [3.8, 4) is 0 Å². The summed E-state index contributed by atoms with van der Waals surface area (Å²) < 4.78 is 14.3. The first-order valence-electron chi connectivity index (χ1n) is 7.19. The molecule has 1 unspecified atom stereocenters. The van der Waals surface area contributed by atoms with Gasteiger partial charge in [-0.3, -0.25) is 11.3 Å². The second-order valence-electron chi connectivity index (χ2n) is 5.55. The van der Waals surface area contributed by atoms with Crippen molar-refractivity contribution >= 4 is 15.9 Å². The fraction of sp³-hybridized carbons (Fsp3) is 0.294. The summed E-state index contributed by atoms with van der Waals surface area (Å²) in [4.78, 5) is 0. The van der Waals surface area contributed by atoms with Crippen LogP contribution in [-0.2, 0) is 19.3 Å². The van der Waals surface area contributed by atoms with Gasteiger partial charge in [0.2, 0.25) is 0 Å². The molecule has 21 heavy (non-hydrogen) atoms. The molecule has 3 N–H and O–H groups in total. The predicted octanol–water partition coefficient (Wildman–Crippen LogP) is 3.82. The van der Waals surface area contributed by atoms with Crippen LogP contribution in [0.3, 0.4) is 0 Å². The molecule has 1 aliphatic rings. The zero-order valence-electron chi connectivity index (χ0n) is 11.7. The molecular formula is C17H18BrFN2. The lowest BCUT2D eigenvalue weighted by Crippen LogP contribution is -2.30. The normalized spacial score (nSPS) is 15.0. The molecule has 2 nitrogen and oxygen atoms in total. The molecule has 0 radical (unpaired) electrons. The average molecular weight is 349 g/mol. The Labute approximate surface area is 132 Å². The van der Waals surface area contributed by atoms with Crippen LogP contribution < -0.4 is 11.3 Å². The molecule has 0 saturated heterocycles. The first-order valence-corrected chi connectivity index (χ1v) is 7.98. The Kier molecular flexibility index (Phi) is 4.38. The molecule has 0 spiro atoms. The minimum atomic E-state index is -0.248. The molecule has 110 valence electrons. The Morgan fingerprint density at radius 1 is 1.14 bits per heavy atom. The number of fused-ring (bicyclic) bond motifs is 1. The van der Waals surface area contributed by atoms with Crippen molar-refractivity contribution in [2.24, 2.45) is 5.84 Å². The van der Waals surface area contributed by atoms with Crippen molar-refractivity contribution in [2.75, 3.05) is 0 Å². The lowest BCUT2D eigenvalue weighted by Gasteiger charge is -2.18. The molecule has 0 aliphatic heterocycles. The molecule has 1 aliphatic carbocycles. The van der Waals surface area contributed by atoms with Crippen molar-refractivity contribution in [1.29, 1.82) is 0 Å². The molecule has 0 bridgehead atoms. The summed E-state index contributed by atoms with van der Waals surface area (Å²) in [6, 6.07) is 11.2. The van der Waals surface area contributed by atoms with Crippen LogP contribution in [0.4, 0.5) is 4.39 Å². The Morgan fingerprint density at radius 2 is 1.95 bits per heavy atom. The van der Waals surface area contributed by atoms with Crippen molar-refractivity contribution in [3.05, 3.63) is 68.9 Å². The number of hydrogen-bond acceptors (Lipinski definition) is 2. The molecular weight excluding hydrogens is 331 g/mol. The monoisotopic (exact) mass is 348 g/mol. The maximum atomic E-state index is 13.5. The number of hydrogen-bond donors (Lipinski definition) is 2. The number of nitrogens with two attached hydrogens (primary N) is 1. The number of aryl methyl sites for hydroxylation is 2. The first-order chi connectivity index (χ1) is 10.2. The van der Waals surface area contributed by atoms with E-state index in [1.165, 1.54) is 41.7 Å². The maximum absolute atomic E-state index is 13.5. The van der Waals surface area contributed by atoms with Crippen LogP contribution in [0.25, 0.3) is 0 Å². The molecule has 0 fully saturated rings. The van der Waals surface area contributed by atoms with Gasteiger partial charge < -0.3 is 0 Å². The third-order valence-corrected chi connectivity index (χ3v) is 4.86. The van der Waals surface area contributed by atoms with E-state index < -0.39 is 0 Å². The first kappa shape index (κ1) is 14.7. The second-order valence-corrected chi connectivity index (χ2v) is 6.40. The van der Waals surface area contributed by atoms with Crippen LogP contribution in [0.15, 0.2) is 40.9 Å². The van der Waals surface area contributed by atoms with Crippen molar-refractivity contribution < 1.29 is 4.39 Å². The van der Waals surface area contributed by atoms with Gasteiger partial charge in [0.25, 0.3) is 0 Å². The highest BCUT2D eigenvalue weighted by atomic mass is 79.9. The van der Waals surface area contributed by atoms with Gasteiger partial charge in [-0.1, -0.05) is 34.1 Å². The van der Waals surface area contributed by atoms with Crippen LogP contribution in [0.1, 0.15) is 34.7 Å². The SMILES string of the molecule is NNC(Cc1ccc2c(c1)CCC2)c1cc(F)ccc1Br. The number of halogens is 2. The Morgan fingerprint density at radius 3 is 2.76 bits per heavy atom. The van der Waals surface area contributed by atoms with Crippen molar-refractivity contribution in [3.63, 3.8) is 0 Å². The lowest BCUT2D eigenvalue weighted by molar-refractivity contribution is 0.542. The fourth-order valence-corrected chi connectivity index (χ4v) is 3.55. The van der Waals surface area contributed by atoms with Crippen LogP contribution in [0.5, 0.6) is 0 Å². The van der Waals surface area contributed by atoms with Crippen LogP contribution in [0, 0.1) is 5.82 Å². The minimum absolute atomic E-state index is 0.116.